The van der Waals surface area contributed by atoms with Gasteiger partial charge >= 0.3 is 5.97 Å². The molecule has 1 aliphatic carbocycles. The van der Waals surface area contributed by atoms with E-state index in [1.54, 1.807) is 29.1 Å². The summed E-state index contributed by atoms with van der Waals surface area (Å²) in [5.41, 5.74) is 0.225. The molecular weight excluding hydrogens is 330 g/mol. The van der Waals surface area contributed by atoms with Gasteiger partial charge in [0.1, 0.15) is 5.15 Å². The number of rotatable bonds is 6. The Bertz CT molecular complexity index is 711. The van der Waals surface area contributed by atoms with Gasteiger partial charge < -0.3 is 9.47 Å². The molecule has 0 aliphatic heterocycles. The Balaban J connectivity index is 1.62. The fourth-order valence-electron chi connectivity index (χ4n) is 2.96. The monoisotopic (exact) mass is 349 g/mol. The van der Waals surface area contributed by atoms with E-state index in [9.17, 15) is 4.79 Å². The summed E-state index contributed by atoms with van der Waals surface area (Å²) in [4.78, 5) is 15.7. The van der Waals surface area contributed by atoms with Gasteiger partial charge in [-0.1, -0.05) is 37.3 Å². The molecule has 2 heterocycles. The zero-order chi connectivity index (χ0) is 16.9. The van der Waals surface area contributed by atoms with Gasteiger partial charge in [-0.05, 0) is 24.5 Å². The van der Waals surface area contributed by atoms with Crippen molar-refractivity contribution in [2.45, 2.75) is 32.1 Å². The molecule has 0 spiro atoms. The molecule has 2 aromatic rings. The third-order valence-corrected chi connectivity index (χ3v) is 4.58. The number of esters is 1. The largest absolute Gasteiger partial charge is 0.477 e. The third kappa shape index (κ3) is 3.87. The van der Waals surface area contributed by atoms with Gasteiger partial charge in [0.15, 0.2) is 5.82 Å². The predicted molar refractivity (Wildman–Crippen MR) is 89.8 cm³/mol. The Labute approximate surface area is 145 Å². The van der Waals surface area contributed by atoms with E-state index in [2.05, 4.69) is 14.8 Å². The molecule has 0 saturated heterocycles. The zero-order valence-corrected chi connectivity index (χ0v) is 14.3. The minimum atomic E-state index is -0.518. The summed E-state index contributed by atoms with van der Waals surface area (Å²) < 4.78 is 11.9. The smallest absolute Gasteiger partial charge is 0.341 e. The maximum absolute atomic E-state index is 11.5. The molecule has 128 valence electrons. The lowest BCUT2D eigenvalue weighted by Crippen LogP contribution is -2.07. The van der Waals surface area contributed by atoms with Crippen molar-refractivity contribution in [3.8, 4) is 11.7 Å². The topological polar surface area (TPSA) is 66.2 Å². The number of carbonyl (C=O) groups is 1. The second-order valence-electron chi connectivity index (χ2n) is 5.89. The molecule has 0 atom stereocenters. The van der Waals surface area contributed by atoms with Crippen LogP contribution in [0.25, 0.3) is 5.82 Å². The van der Waals surface area contributed by atoms with E-state index in [4.69, 9.17) is 16.3 Å². The summed E-state index contributed by atoms with van der Waals surface area (Å²) in [6.45, 7) is 0.678. The lowest BCUT2D eigenvalue weighted by atomic mass is 10.1. The van der Waals surface area contributed by atoms with Crippen LogP contribution in [0.1, 0.15) is 42.5 Å². The van der Waals surface area contributed by atoms with Crippen molar-refractivity contribution < 1.29 is 14.3 Å². The molecular formula is C17H20ClN3O3. The summed E-state index contributed by atoms with van der Waals surface area (Å²) in [5.74, 6) is 1.34. The lowest BCUT2D eigenvalue weighted by Gasteiger charge is -2.08. The fourth-order valence-corrected chi connectivity index (χ4v) is 3.18. The highest BCUT2D eigenvalue weighted by Crippen LogP contribution is 2.27. The van der Waals surface area contributed by atoms with Crippen molar-refractivity contribution in [1.29, 1.82) is 0 Å². The van der Waals surface area contributed by atoms with Crippen molar-refractivity contribution in [3.05, 3.63) is 35.1 Å². The van der Waals surface area contributed by atoms with E-state index >= 15 is 0 Å². The highest BCUT2D eigenvalue weighted by Gasteiger charge is 2.16. The number of carbonyl (C=O) groups excluding carboxylic acids is 1. The number of nitrogens with zero attached hydrogens (tertiary/aromatic N) is 3. The van der Waals surface area contributed by atoms with E-state index in [-0.39, 0.29) is 10.7 Å². The summed E-state index contributed by atoms with van der Waals surface area (Å²) in [6, 6.07) is 5.02. The first-order valence-electron chi connectivity index (χ1n) is 8.11. The van der Waals surface area contributed by atoms with Crippen LogP contribution in [0.4, 0.5) is 0 Å². The molecule has 0 N–H and O–H groups in total. The summed E-state index contributed by atoms with van der Waals surface area (Å²) in [6.07, 6.45) is 8.13. The van der Waals surface area contributed by atoms with E-state index in [0.717, 1.165) is 12.3 Å². The van der Waals surface area contributed by atoms with Crippen molar-refractivity contribution in [2.24, 2.45) is 5.92 Å². The maximum Gasteiger partial charge on any atom is 0.341 e. The van der Waals surface area contributed by atoms with Crippen LogP contribution in [0.15, 0.2) is 24.4 Å². The van der Waals surface area contributed by atoms with Crippen LogP contribution in [0, 0.1) is 5.92 Å². The molecule has 3 rings (SSSR count). The van der Waals surface area contributed by atoms with E-state index in [1.807, 2.05) is 0 Å². The Morgan fingerprint density at radius 1 is 1.33 bits per heavy atom. The van der Waals surface area contributed by atoms with Crippen molar-refractivity contribution in [1.82, 2.24) is 14.8 Å². The normalized spacial score (nSPS) is 14.8. The predicted octanol–water partition coefficient (Wildman–Crippen LogP) is 3.67. The Kier molecular flexibility index (Phi) is 5.35. The minimum absolute atomic E-state index is 0.0820. The summed E-state index contributed by atoms with van der Waals surface area (Å²) in [5, 5.41) is 4.42. The lowest BCUT2D eigenvalue weighted by molar-refractivity contribution is 0.0600. The summed E-state index contributed by atoms with van der Waals surface area (Å²) >= 11 is 6.03. The number of methoxy groups -OCH3 is 1. The fraction of sp³-hybridized carbons (Fsp3) is 0.471. The Morgan fingerprint density at radius 2 is 2.12 bits per heavy atom. The maximum atomic E-state index is 11.5. The van der Waals surface area contributed by atoms with Gasteiger partial charge in [0.25, 0.3) is 0 Å². The van der Waals surface area contributed by atoms with Gasteiger partial charge in [0.05, 0.1) is 19.3 Å². The van der Waals surface area contributed by atoms with E-state index in [0.29, 0.717) is 18.3 Å². The van der Waals surface area contributed by atoms with Gasteiger partial charge in [-0.2, -0.15) is 0 Å². The molecule has 1 saturated carbocycles. The van der Waals surface area contributed by atoms with Crippen LogP contribution in [0.2, 0.25) is 5.15 Å². The quantitative estimate of drug-likeness (QED) is 0.588. The molecule has 0 amide bonds. The second kappa shape index (κ2) is 7.66. The van der Waals surface area contributed by atoms with E-state index < -0.39 is 5.97 Å². The average Bonchev–Trinajstić information content (AvgIpc) is 3.26. The van der Waals surface area contributed by atoms with Gasteiger partial charge in [0.2, 0.25) is 5.88 Å². The van der Waals surface area contributed by atoms with Gasteiger partial charge in [-0.25, -0.2) is 14.5 Å². The van der Waals surface area contributed by atoms with Gasteiger partial charge in [-0.3, -0.25) is 0 Å². The number of aromatic nitrogens is 3. The first-order valence-corrected chi connectivity index (χ1v) is 8.49. The first-order chi connectivity index (χ1) is 11.7. The number of hydrogen-bond donors (Lipinski definition) is 0. The SMILES string of the molecule is COC(=O)c1ccc(-n2ccc(OCCC3CCCC3)n2)nc1Cl. The number of halogens is 1. The van der Waals surface area contributed by atoms with Crippen LogP contribution >= 0.6 is 11.6 Å². The van der Waals surface area contributed by atoms with Crippen molar-refractivity contribution >= 4 is 17.6 Å². The van der Waals surface area contributed by atoms with Crippen LogP contribution in [-0.4, -0.2) is 34.5 Å². The van der Waals surface area contributed by atoms with Crippen LogP contribution in [0.5, 0.6) is 5.88 Å². The molecule has 1 fully saturated rings. The van der Waals surface area contributed by atoms with Crippen LogP contribution in [0.3, 0.4) is 0 Å². The molecule has 24 heavy (non-hydrogen) atoms. The highest BCUT2D eigenvalue weighted by molar-refractivity contribution is 6.32. The number of ether oxygens (including phenoxy) is 2. The standard InChI is InChI=1S/C17H20ClN3O3/c1-23-17(22)13-6-7-14(19-16(13)18)21-10-8-15(20-21)24-11-9-12-4-2-3-5-12/h6-8,10,12H,2-5,9,11H2,1H3. The highest BCUT2D eigenvalue weighted by atomic mass is 35.5. The van der Waals surface area contributed by atoms with Crippen molar-refractivity contribution in [2.75, 3.05) is 13.7 Å². The van der Waals surface area contributed by atoms with Crippen LogP contribution in [-0.2, 0) is 4.74 Å². The van der Waals surface area contributed by atoms with Gasteiger partial charge in [0, 0.05) is 12.3 Å². The van der Waals surface area contributed by atoms with Crippen LogP contribution < -0.4 is 4.74 Å². The summed E-state index contributed by atoms with van der Waals surface area (Å²) in [7, 11) is 1.30. The molecule has 0 aromatic carbocycles. The van der Waals surface area contributed by atoms with Crippen molar-refractivity contribution in [3.63, 3.8) is 0 Å². The third-order valence-electron chi connectivity index (χ3n) is 4.29. The number of hydrogen-bond acceptors (Lipinski definition) is 5. The Hall–Kier alpha value is -2.08. The molecule has 2 aromatic heterocycles. The minimum Gasteiger partial charge on any atom is -0.477 e. The molecule has 7 heteroatoms. The second-order valence-corrected chi connectivity index (χ2v) is 6.24. The van der Waals surface area contributed by atoms with Gasteiger partial charge in [-0.15, -0.1) is 5.10 Å². The van der Waals surface area contributed by atoms with E-state index in [1.165, 1.54) is 32.8 Å². The molecule has 0 unspecified atom stereocenters. The molecule has 0 radical (unpaired) electrons. The number of pyridine rings is 1. The average molecular weight is 350 g/mol. The molecule has 0 bridgehead atoms. The first kappa shape index (κ1) is 16.8. The zero-order valence-electron chi connectivity index (χ0n) is 13.6. The molecule has 6 nitrogen and oxygen atoms in total. The molecule has 1 aliphatic rings. The Morgan fingerprint density at radius 3 is 2.83 bits per heavy atom.